The summed E-state index contributed by atoms with van der Waals surface area (Å²) in [6.07, 6.45) is 0.0342. The summed E-state index contributed by atoms with van der Waals surface area (Å²) < 4.78 is 10.3. The second kappa shape index (κ2) is 7.27. The van der Waals surface area contributed by atoms with Crippen molar-refractivity contribution in [1.29, 1.82) is 0 Å². The quantitative estimate of drug-likeness (QED) is 0.756. The normalized spacial score (nSPS) is 12.6. The molecule has 0 heterocycles. The molecule has 1 aromatic rings. The molecule has 96 valence electrons. The Bertz CT molecular complexity index is 341. The van der Waals surface area contributed by atoms with E-state index in [1.165, 1.54) is 0 Å². The summed E-state index contributed by atoms with van der Waals surface area (Å²) >= 11 is 0. The number of aromatic hydroxyl groups is 1. The van der Waals surface area contributed by atoms with Crippen LogP contribution in [0.3, 0.4) is 0 Å². The Balaban J connectivity index is 2.42. The van der Waals surface area contributed by atoms with Crippen molar-refractivity contribution in [2.24, 2.45) is 0 Å². The fourth-order valence-electron chi connectivity index (χ4n) is 1.62. The molecule has 0 fully saturated rings. The van der Waals surface area contributed by atoms with Crippen LogP contribution in [0.25, 0.3) is 0 Å². The molecule has 2 N–H and O–H groups in total. The predicted octanol–water partition coefficient (Wildman–Crippen LogP) is 1.45. The van der Waals surface area contributed by atoms with Gasteiger partial charge < -0.3 is 19.9 Å². The van der Waals surface area contributed by atoms with Crippen molar-refractivity contribution in [2.45, 2.75) is 19.6 Å². The molecule has 4 heteroatoms. The van der Waals surface area contributed by atoms with Crippen molar-refractivity contribution >= 4 is 0 Å². The number of aryl methyl sites for hydroxylation is 1. The van der Waals surface area contributed by atoms with Crippen LogP contribution in [0.4, 0.5) is 0 Å². The van der Waals surface area contributed by atoms with E-state index < -0.39 is 0 Å². The Labute approximate surface area is 103 Å². The molecule has 17 heavy (non-hydrogen) atoms. The smallest absolute Gasteiger partial charge is 0.120 e. The number of hydrogen-bond acceptors (Lipinski definition) is 4. The van der Waals surface area contributed by atoms with Gasteiger partial charge in [-0.2, -0.15) is 0 Å². The van der Waals surface area contributed by atoms with Crippen LogP contribution in [-0.4, -0.2) is 38.6 Å². The van der Waals surface area contributed by atoms with Gasteiger partial charge in [-0.25, -0.2) is 0 Å². The molecule has 1 unspecified atom stereocenters. The van der Waals surface area contributed by atoms with Crippen LogP contribution >= 0.6 is 0 Å². The zero-order valence-corrected chi connectivity index (χ0v) is 10.7. The minimum Gasteiger partial charge on any atom is -0.508 e. The van der Waals surface area contributed by atoms with Gasteiger partial charge in [0.05, 0.1) is 12.7 Å². The zero-order chi connectivity index (χ0) is 12.7. The molecule has 0 saturated carbocycles. The van der Waals surface area contributed by atoms with Gasteiger partial charge in [0.2, 0.25) is 0 Å². The third-order valence-electron chi connectivity index (χ3n) is 2.61. The minimum atomic E-state index is 0.0342. The maximum Gasteiger partial charge on any atom is 0.120 e. The van der Waals surface area contributed by atoms with Crippen molar-refractivity contribution < 1.29 is 14.6 Å². The molecule has 0 saturated heterocycles. The van der Waals surface area contributed by atoms with E-state index in [0.29, 0.717) is 25.4 Å². The topological polar surface area (TPSA) is 50.7 Å². The fourth-order valence-corrected chi connectivity index (χ4v) is 1.62. The second-order valence-corrected chi connectivity index (χ2v) is 4.08. The third-order valence-corrected chi connectivity index (χ3v) is 2.61. The predicted molar refractivity (Wildman–Crippen MR) is 67.2 cm³/mol. The molecular weight excluding hydrogens is 218 g/mol. The van der Waals surface area contributed by atoms with E-state index in [9.17, 15) is 5.11 Å². The van der Waals surface area contributed by atoms with E-state index in [-0.39, 0.29) is 6.10 Å². The Morgan fingerprint density at radius 2 is 2.12 bits per heavy atom. The summed E-state index contributed by atoms with van der Waals surface area (Å²) in [7, 11) is 3.31. The largest absolute Gasteiger partial charge is 0.508 e. The molecular formula is C13H21NO3. The Kier molecular flexibility index (Phi) is 5.97. The maximum atomic E-state index is 9.66. The summed E-state index contributed by atoms with van der Waals surface area (Å²) in [6, 6.07) is 5.58. The Morgan fingerprint density at radius 1 is 1.35 bits per heavy atom. The lowest BCUT2D eigenvalue weighted by Gasteiger charge is -2.15. The molecule has 4 nitrogen and oxygen atoms in total. The van der Waals surface area contributed by atoms with E-state index >= 15 is 0 Å². The molecule has 0 radical (unpaired) electrons. The summed E-state index contributed by atoms with van der Waals surface area (Å²) in [6.45, 7) is 3.88. The van der Waals surface area contributed by atoms with Crippen molar-refractivity contribution in [3.63, 3.8) is 0 Å². The lowest BCUT2D eigenvalue weighted by Crippen LogP contribution is -2.31. The second-order valence-electron chi connectivity index (χ2n) is 4.08. The summed E-state index contributed by atoms with van der Waals surface area (Å²) in [4.78, 5) is 0. The van der Waals surface area contributed by atoms with Gasteiger partial charge in [0.25, 0.3) is 0 Å². The molecule has 0 aliphatic rings. The first-order valence-corrected chi connectivity index (χ1v) is 5.68. The number of phenolic OH excluding ortho intramolecular Hbond substituents is 1. The number of benzene rings is 1. The number of ether oxygens (including phenoxy) is 2. The van der Waals surface area contributed by atoms with Gasteiger partial charge in [-0.3, -0.25) is 0 Å². The summed E-state index contributed by atoms with van der Waals surface area (Å²) in [5.74, 6) is 0.323. The van der Waals surface area contributed by atoms with Gasteiger partial charge in [-0.1, -0.05) is 17.7 Å². The molecule has 1 atom stereocenters. The zero-order valence-electron chi connectivity index (χ0n) is 10.7. The van der Waals surface area contributed by atoms with Crippen molar-refractivity contribution in [1.82, 2.24) is 5.32 Å². The van der Waals surface area contributed by atoms with Crippen molar-refractivity contribution in [3.8, 4) is 5.75 Å². The SMILES string of the molecule is COCC(CNCc1cc(C)ccc1O)OC. The third kappa shape index (κ3) is 4.73. The highest BCUT2D eigenvalue weighted by Gasteiger charge is 2.07. The van der Waals surface area contributed by atoms with Crippen LogP contribution in [0.15, 0.2) is 18.2 Å². The van der Waals surface area contributed by atoms with Crippen LogP contribution < -0.4 is 5.32 Å². The molecule has 0 bridgehead atoms. The number of hydrogen-bond donors (Lipinski definition) is 2. The average molecular weight is 239 g/mol. The standard InChI is InChI=1S/C13H21NO3/c1-10-4-5-13(15)11(6-10)7-14-8-12(17-3)9-16-2/h4-6,12,14-15H,7-9H2,1-3H3. The van der Waals surface area contributed by atoms with E-state index in [1.54, 1.807) is 20.3 Å². The average Bonchev–Trinajstić information content (AvgIpc) is 2.32. The first kappa shape index (κ1) is 14.0. The minimum absolute atomic E-state index is 0.0342. The first-order chi connectivity index (χ1) is 8.17. The van der Waals surface area contributed by atoms with Crippen LogP contribution in [0, 0.1) is 6.92 Å². The van der Waals surface area contributed by atoms with Crippen LogP contribution in [-0.2, 0) is 16.0 Å². The molecule has 0 aliphatic heterocycles. The molecule has 1 rings (SSSR count). The first-order valence-electron chi connectivity index (χ1n) is 5.68. The van der Waals surface area contributed by atoms with Crippen molar-refractivity contribution in [2.75, 3.05) is 27.4 Å². The lowest BCUT2D eigenvalue weighted by molar-refractivity contribution is 0.0287. The van der Waals surface area contributed by atoms with Crippen LogP contribution in [0.5, 0.6) is 5.75 Å². The fraction of sp³-hybridized carbons (Fsp3) is 0.538. The maximum absolute atomic E-state index is 9.66. The number of nitrogens with one attached hydrogen (secondary N) is 1. The van der Waals surface area contributed by atoms with E-state index in [1.807, 2.05) is 19.1 Å². The van der Waals surface area contributed by atoms with Gasteiger partial charge >= 0.3 is 0 Å². The lowest BCUT2D eigenvalue weighted by atomic mass is 10.1. The van der Waals surface area contributed by atoms with Crippen molar-refractivity contribution in [3.05, 3.63) is 29.3 Å². The number of phenols is 1. The van der Waals surface area contributed by atoms with Crippen LogP contribution in [0.2, 0.25) is 0 Å². The van der Waals surface area contributed by atoms with Gasteiger partial charge in [-0.05, 0) is 13.0 Å². The highest BCUT2D eigenvalue weighted by Crippen LogP contribution is 2.17. The monoisotopic (exact) mass is 239 g/mol. The molecule has 0 amide bonds. The van der Waals surface area contributed by atoms with Gasteiger partial charge in [-0.15, -0.1) is 0 Å². The van der Waals surface area contributed by atoms with Gasteiger partial charge in [0.1, 0.15) is 5.75 Å². The summed E-state index contributed by atoms with van der Waals surface area (Å²) in [5.41, 5.74) is 2.04. The number of rotatable bonds is 7. The van der Waals surface area contributed by atoms with Crippen LogP contribution in [0.1, 0.15) is 11.1 Å². The molecule has 0 spiro atoms. The highest BCUT2D eigenvalue weighted by atomic mass is 16.5. The Morgan fingerprint density at radius 3 is 2.76 bits per heavy atom. The van der Waals surface area contributed by atoms with Gasteiger partial charge in [0.15, 0.2) is 0 Å². The Hall–Kier alpha value is -1.10. The summed E-state index contributed by atoms with van der Waals surface area (Å²) in [5, 5.41) is 12.9. The number of methoxy groups -OCH3 is 2. The molecule has 0 aliphatic carbocycles. The van der Waals surface area contributed by atoms with E-state index in [4.69, 9.17) is 9.47 Å². The van der Waals surface area contributed by atoms with E-state index in [0.717, 1.165) is 11.1 Å². The van der Waals surface area contributed by atoms with Gasteiger partial charge in [0, 0.05) is 32.9 Å². The highest BCUT2D eigenvalue weighted by molar-refractivity contribution is 5.35. The molecule has 0 aromatic heterocycles. The van der Waals surface area contributed by atoms with E-state index in [2.05, 4.69) is 5.32 Å². The molecule has 1 aromatic carbocycles.